The van der Waals surface area contributed by atoms with Crippen LogP contribution in [-0.4, -0.2) is 35.2 Å². The van der Waals surface area contributed by atoms with Crippen molar-refractivity contribution >= 4 is 12.1 Å². The quantitative estimate of drug-likeness (QED) is 0.614. The average Bonchev–Trinajstić information content (AvgIpc) is 2.81. The largest absolute Gasteiger partial charge is 0.481 e. The van der Waals surface area contributed by atoms with Crippen LogP contribution in [0.15, 0.2) is 72.8 Å². The molecular formula is C25H22FNO5. The minimum absolute atomic E-state index is 0.0787. The first-order chi connectivity index (χ1) is 15.5. The van der Waals surface area contributed by atoms with Crippen molar-refractivity contribution < 1.29 is 28.6 Å². The van der Waals surface area contributed by atoms with Crippen molar-refractivity contribution in [3.05, 3.63) is 101 Å². The number of nitrogens with zero attached hydrogens (tertiary/aromatic N) is 1. The summed E-state index contributed by atoms with van der Waals surface area (Å²) in [5.41, 5.74) is 3.28. The predicted molar refractivity (Wildman–Crippen MR) is 115 cm³/mol. The molecule has 1 N–H and O–H groups in total. The molecule has 3 aromatic rings. The predicted octanol–water partition coefficient (Wildman–Crippen LogP) is 4.57. The molecule has 0 fully saturated rings. The van der Waals surface area contributed by atoms with E-state index in [-0.39, 0.29) is 12.4 Å². The fourth-order valence-electron chi connectivity index (χ4n) is 3.90. The van der Waals surface area contributed by atoms with Gasteiger partial charge in [-0.05, 0) is 35.2 Å². The highest BCUT2D eigenvalue weighted by Gasteiger charge is 2.35. The molecule has 0 saturated heterocycles. The molecule has 0 aromatic heterocycles. The summed E-state index contributed by atoms with van der Waals surface area (Å²) in [5.74, 6) is -1.66. The van der Waals surface area contributed by atoms with E-state index >= 15 is 0 Å². The standard InChI is InChI=1S/C25H22FNO5/c26-19-10-11-21(22(14-19)31-16-23(28)29)24-20-9-5-4-8-18(20)12-13-27(24)25(30)32-15-17-6-2-1-3-7-17/h1-11,14,24H,12-13,15-16H2,(H,28,29). The van der Waals surface area contributed by atoms with Crippen LogP contribution in [0.4, 0.5) is 9.18 Å². The first-order valence-corrected chi connectivity index (χ1v) is 10.2. The molecule has 7 heteroatoms. The lowest BCUT2D eigenvalue weighted by atomic mass is 9.88. The van der Waals surface area contributed by atoms with Crippen molar-refractivity contribution in [1.29, 1.82) is 0 Å². The van der Waals surface area contributed by atoms with Crippen molar-refractivity contribution in [3.63, 3.8) is 0 Å². The van der Waals surface area contributed by atoms with E-state index in [2.05, 4.69) is 0 Å². The SMILES string of the molecule is O=C(O)COc1cc(F)ccc1C1c2ccccc2CCN1C(=O)OCc1ccccc1. The second-order valence-electron chi connectivity index (χ2n) is 7.45. The van der Waals surface area contributed by atoms with Crippen LogP contribution in [0.2, 0.25) is 0 Å². The molecule has 32 heavy (non-hydrogen) atoms. The number of amides is 1. The van der Waals surface area contributed by atoms with Crippen LogP contribution in [-0.2, 0) is 22.6 Å². The van der Waals surface area contributed by atoms with Crippen molar-refractivity contribution in [2.24, 2.45) is 0 Å². The third-order valence-electron chi connectivity index (χ3n) is 5.34. The lowest BCUT2D eigenvalue weighted by molar-refractivity contribution is -0.139. The molecule has 6 nitrogen and oxygen atoms in total. The molecule has 1 atom stereocenters. The van der Waals surface area contributed by atoms with E-state index in [9.17, 15) is 14.0 Å². The summed E-state index contributed by atoms with van der Waals surface area (Å²) in [7, 11) is 0. The fraction of sp³-hybridized carbons (Fsp3) is 0.200. The maximum Gasteiger partial charge on any atom is 0.410 e. The zero-order valence-electron chi connectivity index (χ0n) is 17.2. The second-order valence-corrected chi connectivity index (χ2v) is 7.45. The summed E-state index contributed by atoms with van der Waals surface area (Å²) in [6.45, 7) is -0.106. The Hall–Kier alpha value is -3.87. The van der Waals surface area contributed by atoms with Crippen LogP contribution < -0.4 is 4.74 Å². The van der Waals surface area contributed by atoms with Gasteiger partial charge in [0.05, 0.1) is 6.04 Å². The number of carboxylic acids is 1. The molecule has 1 heterocycles. The van der Waals surface area contributed by atoms with Crippen LogP contribution in [0.1, 0.15) is 28.3 Å². The summed E-state index contributed by atoms with van der Waals surface area (Å²) in [4.78, 5) is 25.7. The number of carboxylic acid groups (broad SMARTS) is 1. The maximum absolute atomic E-state index is 14.0. The number of benzene rings is 3. The fourth-order valence-corrected chi connectivity index (χ4v) is 3.90. The lowest BCUT2D eigenvalue weighted by Gasteiger charge is -2.37. The molecule has 0 radical (unpaired) electrons. The van der Waals surface area contributed by atoms with Gasteiger partial charge in [0.25, 0.3) is 0 Å². The Kier molecular flexibility index (Phi) is 6.35. The molecule has 1 aliphatic heterocycles. The Balaban J connectivity index is 1.69. The van der Waals surface area contributed by atoms with E-state index in [4.69, 9.17) is 14.6 Å². The first kappa shape index (κ1) is 21.4. The van der Waals surface area contributed by atoms with Gasteiger partial charge in [-0.2, -0.15) is 0 Å². The Labute approximate surface area is 184 Å². The molecule has 3 aromatic carbocycles. The van der Waals surface area contributed by atoms with Crippen molar-refractivity contribution in [2.45, 2.75) is 19.1 Å². The highest BCUT2D eigenvalue weighted by Crippen LogP contribution is 2.40. The summed E-state index contributed by atoms with van der Waals surface area (Å²) < 4.78 is 24.9. The third kappa shape index (κ3) is 4.72. The van der Waals surface area contributed by atoms with Gasteiger partial charge in [-0.25, -0.2) is 14.0 Å². The first-order valence-electron chi connectivity index (χ1n) is 10.2. The van der Waals surface area contributed by atoms with E-state index in [1.165, 1.54) is 12.1 Å². The third-order valence-corrected chi connectivity index (χ3v) is 5.34. The smallest absolute Gasteiger partial charge is 0.410 e. The molecule has 1 amide bonds. The van der Waals surface area contributed by atoms with Crippen molar-refractivity contribution in [1.82, 2.24) is 4.90 Å². The highest BCUT2D eigenvalue weighted by molar-refractivity contribution is 5.71. The number of fused-ring (bicyclic) bond motifs is 1. The average molecular weight is 435 g/mol. The van der Waals surface area contributed by atoms with E-state index < -0.39 is 30.5 Å². The van der Waals surface area contributed by atoms with E-state index in [1.54, 1.807) is 4.90 Å². The number of rotatable bonds is 6. The van der Waals surface area contributed by atoms with Gasteiger partial charge in [0.15, 0.2) is 6.61 Å². The molecule has 0 bridgehead atoms. The van der Waals surface area contributed by atoms with E-state index in [1.807, 2.05) is 54.6 Å². The van der Waals surface area contributed by atoms with E-state index in [0.717, 1.165) is 22.8 Å². The summed E-state index contributed by atoms with van der Waals surface area (Å²) >= 11 is 0. The number of hydrogen-bond acceptors (Lipinski definition) is 4. The van der Waals surface area contributed by atoms with Gasteiger partial charge in [0, 0.05) is 18.2 Å². The van der Waals surface area contributed by atoms with Gasteiger partial charge in [-0.15, -0.1) is 0 Å². The van der Waals surface area contributed by atoms with Gasteiger partial charge in [0.1, 0.15) is 18.2 Å². The normalized spacial score (nSPS) is 15.0. The maximum atomic E-state index is 14.0. The molecular weight excluding hydrogens is 413 g/mol. The number of halogens is 1. The molecule has 1 unspecified atom stereocenters. The van der Waals surface area contributed by atoms with Crippen LogP contribution in [0, 0.1) is 5.82 Å². The van der Waals surface area contributed by atoms with Gasteiger partial charge in [0.2, 0.25) is 0 Å². The molecule has 0 aliphatic carbocycles. The molecule has 1 aliphatic rings. The van der Waals surface area contributed by atoms with Gasteiger partial charge < -0.3 is 14.6 Å². The number of ether oxygens (including phenoxy) is 2. The molecule has 0 saturated carbocycles. The molecule has 0 spiro atoms. The van der Waals surface area contributed by atoms with Crippen LogP contribution in [0.25, 0.3) is 0 Å². The number of carbonyl (C=O) groups is 2. The second kappa shape index (κ2) is 9.51. The summed E-state index contributed by atoms with van der Waals surface area (Å²) in [6.07, 6.45) is 0.126. The van der Waals surface area contributed by atoms with Crippen molar-refractivity contribution in [2.75, 3.05) is 13.2 Å². The summed E-state index contributed by atoms with van der Waals surface area (Å²) in [6, 6.07) is 20.4. The minimum Gasteiger partial charge on any atom is -0.481 e. The summed E-state index contributed by atoms with van der Waals surface area (Å²) in [5, 5.41) is 9.02. The number of carbonyl (C=O) groups excluding carboxylic acids is 1. The van der Waals surface area contributed by atoms with Crippen molar-refractivity contribution in [3.8, 4) is 5.75 Å². The van der Waals surface area contributed by atoms with Gasteiger partial charge in [-0.1, -0.05) is 54.6 Å². The highest BCUT2D eigenvalue weighted by atomic mass is 19.1. The number of hydrogen-bond donors (Lipinski definition) is 1. The monoisotopic (exact) mass is 435 g/mol. The van der Waals surface area contributed by atoms with Crippen LogP contribution in [0.5, 0.6) is 5.75 Å². The lowest BCUT2D eigenvalue weighted by Crippen LogP contribution is -2.41. The Morgan fingerprint density at radius 3 is 2.53 bits per heavy atom. The molecule has 4 rings (SSSR count). The van der Waals surface area contributed by atoms with Gasteiger partial charge >= 0.3 is 12.1 Å². The Morgan fingerprint density at radius 1 is 1.00 bits per heavy atom. The van der Waals surface area contributed by atoms with Gasteiger partial charge in [-0.3, -0.25) is 4.90 Å². The van der Waals surface area contributed by atoms with E-state index in [0.29, 0.717) is 18.5 Å². The molecule has 164 valence electrons. The number of aliphatic carboxylic acids is 1. The minimum atomic E-state index is -1.18. The van der Waals surface area contributed by atoms with Crippen LogP contribution >= 0.6 is 0 Å². The topological polar surface area (TPSA) is 76.1 Å². The Morgan fingerprint density at radius 2 is 1.75 bits per heavy atom. The Bertz CT molecular complexity index is 1120. The zero-order chi connectivity index (χ0) is 22.5. The van der Waals surface area contributed by atoms with Crippen LogP contribution in [0.3, 0.4) is 0 Å². The zero-order valence-corrected chi connectivity index (χ0v) is 17.2.